The molecule has 0 saturated carbocycles. The summed E-state index contributed by atoms with van der Waals surface area (Å²) in [6.07, 6.45) is 0. The van der Waals surface area contributed by atoms with E-state index in [0.717, 1.165) is 11.3 Å². The molecular formula is C16H16FN3O. The molecule has 1 aliphatic heterocycles. The average Bonchev–Trinajstić information content (AvgIpc) is 2.46. The van der Waals surface area contributed by atoms with E-state index in [1.54, 1.807) is 30.0 Å². The second-order valence-electron chi connectivity index (χ2n) is 5.15. The molecule has 2 aromatic rings. The summed E-state index contributed by atoms with van der Waals surface area (Å²) in [4.78, 5) is 13.5. The number of nitrogens with one attached hydrogen (secondary N) is 1. The van der Waals surface area contributed by atoms with Gasteiger partial charge in [-0.3, -0.25) is 4.79 Å². The van der Waals surface area contributed by atoms with Crippen LogP contribution in [0.15, 0.2) is 42.5 Å². The first-order valence-electron chi connectivity index (χ1n) is 6.77. The third-order valence-corrected chi connectivity index (χ3v) is 3.56. The van der Waals surface area contributed by atoms with Crippen LogP contribution in [0.5, 0.6) is 0 Å². The van der Waals surface area contributed by atoms with Gasteiger partial charge < -0.3 is 16.0 Å². The van der Waals surface area contributed by atoms with Gasteiger partial charge in [-0.1, -0.05) is 18.2 Å². The van der Waals surface area contributed by atoms with Crippen LogP contribution in [-0.4, -0.2) is 12.5 Å². The maximum atomic E-state index is 14.4. The lowest BCUT2D eigenvalue weighted by molar-refractivity contribution is -0.115. The Labute approximate surface area is 122 Å². The number of hydrogen-bond donors (Lipinski definition) is 2. The number of fused-ring (bicyclic) bond motifs is 1. The highest BCUT2D eigenvalue weighted by molar-refractivity contribution is 6.03. The summed E-state index contributed by atoms with van der Waals surface area (Å²) in [5.41, 5.74) is 8.34. The van der Waals surface area contributed by atoms with E-state index in [2.05, 4.69) is 5.32 Å². The lowest BCUT2D eigenvalue weighted by atomic mass is 10.1. The normalized spacial score (nSPS) is 15.4. The molecule has 1 atom stereocenters. The molecule has 0 fully saturated rings. The van der Waals surface area contributed by atoms with E-state index in [4.69, 9.17) is 5.73 Å². The number of carbonyl (C=O) groups is 1. The minimum atomic E-state index is -0.380. The van der Waals surface area contributed by atoms with Gasteiger partial charge in [-0.25, -0.2) is 4.39 Å². The van der Waals surface area contributed by atoms with E-state index in [-0.39, 0.29) is 24.3 Å². The average molecular weight is 285 g/mol. The second kappa shape index (κ2) is 5.18. The summed E-state index contributed by atoms with van der Waals surface area (Å²) >= 11 is 0. The van der Waals surface area contributed by atoms with E-state index in [9.17, 15) is 9.18 Å². The minimum Gasteiger partial charge on any atom is -0.328 e. The molecule has 2 aromatic carbocycles. The topological polar surface area (TPSA) is 58.4 Å². The number of rotatable bonds is 2. The van der Waals surface area contributed by atoms with Crippen molar-refractivity contribution < 1.29 is 9.18 Å². The molecule has 3 N–H and O–H groups in total. The number of para-hydroxylation sites is 2. The standard InChI is InChI=1S/C16H16FN3O/c1-10(18)11-6-7-14(12(17)8-11)20-9-16(21)19-13-4-2-3-5-15(13)20/h2-8,10H,9,18H2,1H3,(H,19,21)/t10-/m0/s1. The molecule has 1 heterocycles. The summed E-state index contributed by atoms with van der Waals surface area (Å²) < 4.78 is 14.4. The van der Waals surface area contributed by atoms with Crippen molar-refractivity contribution in [2.75, 3.05) is 16.8 Å². The fraction of sp³-hybridized carbons (Fsp3) is 0.188. The summed E-state index contributed by atoms with van der Waals surface area (Å²) in [6, 6.07) is 12.0. The van der Waals surface area contributed by atoms with E-state index in [1.165, 1.54) is 6.07 Å². The number of nitrogens with zero attached hydrogens (tertiary/aromatic N) is 1. The van der Waals surface area contributed by atoms with Crippen LogP contribution in [0.3, 0.4) is 0 Å². The van der Waals surface area contributed by atoms with E-state index in [0.29, 0.717) is 11.4 Å². The first-order chi connectivity index (χ1) is 10.1. The molecule has 0 radical (unpaired) electrons. The lowest BCUT2D eigenvalue weighted by Crippen LogP contribution is -2.35. The van der Waals surface area contributed by atoms with E-state index in [1.807, 2.05) is 18.2 Å². The van der Waals surface area contributed by atoms with Crippen molar-refractivity contribution in [1.82, 2.24) is 0 Å². The second-order valence-corrected chi connectivity index (χ2v) is 5.15. The molecule has 0 saturated heterocycles. The Balaban J connectivity index is 2.07. The third kappa shape index (κ3) is 2.48. The molecule has 0 spiro atoms. The molecule has 0 aromatic heterocycles. The van der Waals surface area contributed by atoms with Crippen molar-refractivity contribution in [3.8, 4) is 0 Å². The predicted molar refractivity (Wildman–Crippen MR) is 81.1 cm³/mol. The monoisotopic (exact) mass is 285 g/mol. The van der Waals surface area contributed by atoms with Crippen LogP contribution >= 0.6 is 0 Å². The molecule has 0 unspecified atom stereocenters. The summed E-state index contributed by atoms with van der Waals surface area (Å²) in [5.74, 6) is -0.543. The Morgan fingerprint density at radius 2 is 2.00 bits per heavy atom. The zero-order chi connectivity index (χ0) is 15.0. The Morgan fingerprint density at radius 3 is 2.71 bits per heavy atom. The van der Waals surface area contributed by atoms with Gasteiger partial charge in [-0.2, -0.15) is 0 Å². The molecule has 3 rings (SSSR count). The van der Waals surface area contributed by atoms with E-state index < -0.39 is 0 Å². The highest BCUT2D eigenvalue weighted by atomic mass is 19.1. The van der Waals surface area contributed by atoms with Gasteiger partial charge in [0.25, 0.3) is 0 Å². The minimum absolute atomic E-state index is 0.0887. The Morgan fingerprint density at radius 1 is 1.24 bits per heavy atom. The number of carbonyl (C=O) groups excluding carboxylic acids is 1. The zero-order valence-corrected chi connectivity index (χ0v) is 11.6. The molecular weight excluding hydrogens is 269 g/mol. The Hall–Kier alpha value is -2.40. The molecule has 5 heteroatoms. The van der Waals surface area contributed by atoms with Crippen LogP contribution in [0.1, 0.15) is 18.5 Å². The van der Waals surface area contributed by atoms with Crippen molar-refractivity contribution in [3.63, 3.8) is 0 Å². The molecule has 0 aliphatic carbocycles. The number of benzene rings is 2. The lowest BCUT2D eigenvalue weighted by Gasteiger charge is -2.31. The maximum absolute atomic E-state index is 14.4. The van der Waals surface area contributed by atoms with Crippen LogP contribution in [0.2, 0.25) is 0 Å². The van der Waals surface area contributed by atoms with Crippen LogP contribution < -0.4 is 16.0 Å². The quantitative estimate of drug-likeness (QED) is 0.892. The summed E-state index contributed by atoms with van der Waals surface area (Å²) in [6.45, 7) is 1.89. The van der Waals surface area contributed by atoms with E-state index >= 15 is 0 Å². The van der Waals surface area contributed by atoms with Crippen molar-refractivity contribution in [2.45, 2.75) is 13.0 Å². The van der Waals surface area contributed by atoms with Gasteiger partial charge in [0.1, 0.15) is 12.4 Å². The highest BCUT2D eigenvalue weighted by Gasteiger charge is 2.24. The smallest absolute Gasteiger partial charge is 0.244 e. The predicted octanol–water partition coefficient (Wildman–Crippen LogP) is 2.94. The zero-order valence-electron chi connectivity index (χ0n) is 11.6. The maximum Gasteiger partial charge on any atom is 0.244 e. The fourth-order valence-electron chi connectivity index (χ4n) is 2.47. The first kappa shape index (κ1) is 13.6. The molecule has 108 valence electrons. The number of hydrogen-bond acceptors (Lipinski definition) is 3. The van der Waals surface area contributed by atoms with Crippen LogP contribution in [0.25, 0.3) is 0 Å². The van der Waals surface area contributed by atoms with Crippen molar-refractivity contribution in [3.05, 3.63) is 53.8 Å². The SMILES string of the molecule is C[C@H](N)c1ccc(N2CC(=O)Nc3ccccc32)c(F)c1. The van der Waals surface area contributed by atoms with Gasteiger partial charge in [0.15, 0.2) is 0 Å². The number of amides is 1. The van der Waals surface area contributed by atoms with Crippen molar-refractivity contribution in [2.24, 2.45) is 5.73 Å². The Kier molecular flexibility index (Phi) is 3.35. The largest absolute Gasteiger partial charge is 0.328 e. The van der Waals surface area contributed by atoms with Gasteiger partial charge in [-0.15, -0.1) is 0 Å². The number of halogens is 1. The number of anilines is 3. The molecule has 21 heavy (non-hydrogen) atoms. The molecule has 4 nitrogen and oxygen atoms in total. The van der Waals surface area contributed by atoms with Crippen LogP contribution in [0.4, 0.5) is 21.5 Å². The van der Waals surface area contributed by atoms with Gasteiger partial charge in [0, 0.05) is 6.04 Å². The fourth-order valence-corrected chi connectivity index (χ4v) is 2.47. The molecule has 1 aliphatic rings. The molecule has 0 bridgehead atoms. The van der Waals surface area contributed by atoms with Gasteiger partial charge in [-0.05, 0) is 36.8 Å². The Bertz CT molecular complexity index is 700. The summed E-state index contributed by atoms with van der Waals surface area (Å²) in [7, 11) is 0. The van der Waals surface area contributed by atoms with Gasteiger partial charge in [0.05, 0.1) is 17.1 Å². The van der Waals surface area contributed by atoms with Crippen LogP contribution in [0, 0.1) is 5.82 Å². The van der Waals surface area contributed by atoms with Gasteiger partial charge in [0.2, 0.25) is 5.91 Å². The summed E-state index contributed by atoms with van der Waals surface area (Å²) in [5, 5.41) is 2.79. The van der Waals surface area contributed by atoms with Crippen LogP contribution in [-0.2, 0) is 4.79 Å². The van der Waals surface area contributed by atoms with Gasteiger partial charge >= 0.3 is 0 Å². The van der Waals surface area contributed by atoms with Crippen molar-refractivity contribution in [1.29, 1.82) is 0 Å². The number of nitrogens with two attached hydrogens (primary N) is 1. The molecule has 1 amide bonds. The third-order valence-electron chi connectivity index (χ3n) is 3.56. The highest BCUT2D eigenvalue weighted by Crippen LogP contribution is 2.36. The first-order valence-corrected chi connectivity index (χ1v) is 6.77. The van der Waals surface area contributed by atoms with Crippen molar-refractivity contribution >= 4 is 23.0 Å².